The maximum atomic E-state index is 14.1. The summed E-state index contributed by atoms with van der Waals surface area (Å²) >= 11 is 7.46. The molecule has 0 N–H and O–H groups in total. The number of thiazole rings is 1. The minimum absolute atomic E-state index is 0.178. The Morgan fingerprint density at radius 1 is 1.07 bits per heavy atom. The highest BCUT2D eigenvalue weighted by Crippen LogP contribution is 2.36. The Labute approximate surface area is 256 Å². The second kappa shape index (κ2) is 11.9. The SMILES string of the molecule is CCOC(=O)C1=C(c2ccccc2)N=c2s/c(=C\c3ccc(-c4cc(Cl)ccc4C)o3)c(=O)n2C1c1ccc(OC)cc1. The van der Waals surface area contributed by atoms with Crippen LogP contribution in [0.1, 0.15) is 35.4 Å². The summed E-state index contributed by atoms with van der Waals surface area (Å²) in [5, 5.41) is 0.608. The molecule has 6 rings (SSSR count). The van der Waals surface area contributed by atoms with Crippen LogP contribution in [0.5, 0.6) is 5.75 Å². The molecule has 1 aliphatic heterocycles. The normalized spacial score (nSPS) is 14.8. The van der Waals surface area contributed by atoms with Crippen molar-refractivity contribution in [2.75, 3.05) is 13.7 Å². The molecular weight excluding hydrogens is 584 g/mol. The number of nitrogens with zero attached hydrogens (tertiary/aromatic N) is 2. The minimum Gasteiger partial charge on any atom is -0.497 e. The third-order valence-corrected chi connectivity index (χ3v) is 8.39. The van der Waals surface area contributed by atoms with Crippen LogP contribution < -0.4 is 19.6 Å². The number of aryl methyl sites for hydroxylation is 1. The summed E-state index contributed by atoms with van der Waals surface area (Å²) in [6, 6.07) is 25.3. The predicted molar refractivity (Wildman–Crippen MR) is 168 cm³/mol. The fourth-order valence-electron chi connectivity index (χ4n) is 5.11. The Hall–Kier alpha value is -4.66. The summed E-state index contributed by atoms with van der Waals surface area (Å²) in [6.45, 7) is 3.91. The van der Waals surface area contributed by atoms with Gasteiger partial charge in [0.25, 0.3) is 5.56 Å². The van der Waals surface area contributed by atoms with E-state index in [2.05, 4.69) is 0 Å². The molecule has 0 fully saturated rings. The van der Waals surface area contributed by atoms with Crippen LogP contribution in [0.2, 0.25) is 5.02 Å². The van der Waals surface area contributed by atoms with Crippen LogP contribution >= 0.6 is 22.9 Å². The number of carbonyl (C=O) groups excluding carboxylic acids is 1. The molecule has 9 heteroatoms. The molecule has 0 radical (unpaired) electrons. The molecule has 1 unspecified atom stereocenters. The number of methoxy groups -OCH3 is 1. The number of hydrogen-bond acceptors (Lipinski definition) is 7. The zero-order valence-electron chi connectivity index (χ0n) is 23.7. The van der Waals surface area contributed by atoms with Gasteiger partial charge in [-0.15, -0.1) is 0 Å². The quantitative estimate of drug-likeness (QED) is 0.206. The first kappa shape index (κ1) is 28.5. The predicted octanol–water partition coefficient (Wildman–Crippen LogP) is 6.17. The highest BCUT2D eigenvalue weighted by Gasteiger charge is 2.35. The smallest absolute Gasteiger partial charge is 0.338 e. The summed E-state index contributed by atoms with van der Waals surface area (Å²) in [5.74, 6) is 1.28. The summed E-state index contributed by atoms with van der Waals surface area (Å²) in [6.07, 6.45) is 1.70. The van der Waals surface area contributed by atoms with Crippen molar-refractivity contribution in [2.45, 2.75) is 19.9 Å². The van der Waals surface area contributed by atoms with Gasteiger partial charge in [-0.2, -0.15) is 0 Å². The summed E-state index contributed by atoms with van der Waals surface area (Å²) < 4.78 is 19.0. The average molecular weight is 611 g/mol. The van der Waals surface area contributed by atoms with Gasteiger partial charge in [0, 0.05) is 22.2 Å². The van der Waals surface area contributed by atoms with E-state index in [4.69, 9.17) is 30.5 Å². The second-order valence-electron chi connectivity index (χ2n) is 9.87. The number of carbonyl (C=O) groups is 1. The van der Waals surface area contributed by atoms with Crippen molar-refractivity contribution in [3.63, 3.8) is 0 Å². The fraction of sp³-hybridized carbons (Fsp3) is 0.147. The Balaban J connectivity index is 1.56. The van der Waals surface area contributed by atoms with Gasteiger partial charge in [0.2, 0.25) is 0 Å². The lowest BCUT2D eigenvalue weighted by atomic mass is 9.93. The molecule has 43 heavy (non-hydrogen) atoms. The Kier molecular flexibility index (Phi) is 7.88. The first-order valence-electron chi connectivity index (χ1n) is 13.7. The molecule has 0 saturated carbocycles. The van der Waals surface area contributed by atoms with E-state index < -0.39 is 12.0 Å². The van der Waals surface area contributed by atoms with Crippen LogP contribution in [-0.4, -0.2) is 24.3 Å². The van der Waals surface area contributed by atoms with Gasteiger partial charge in [-0.3, -0.25) is 9.36 Å². The number of halogens is 1. The number of benzene rings is 3. The number of fused-ring (bicyclic) bond motifs is 1. The van der Waals surface area contributed by atoms with Crippen LogP contribution in [0.3, 0.4) is 0 Å². The third kappa shape index (κ3) is 5.47. The monoisotopic (exact) mass is 610 g/mol. The van der Waals surface area contributed by atoms with Crippen LogP contribution in [-0.2, 0) is 9.53 Å². The molecule has 0 aliphatic carbocycles. The van der Waals surface area contributed by atoms with Crippen molar-refractivity contribution in [3.8, 4) is 17.1 Å². The third-order valence-electron chi connectivity index (χ3n) is 7.17. The molecule has 0 spiro atoms. The summed E-state index contributed by atoms with van der Waals surface area (Å²) in [7, 11) is 1.59. The van der Waals surface area contributed by atoms with E-state index in [1.54, 1.807) is 36.8 Å². The molecule has 7 nitrogen and oxygen atoms in total. The lowest BCUT2D eigenvalue weighted by molar-refractivity contribution is -0.138. The number of rotatable bonds is 7. The topological polar surface area (TPSA) is 83.0 Å². The molecule has 5 aromatic rings. The van der Waals surface area contributed by atoms with Crippen LogP contribution in [0.15, 0.2) is 105 Å². The van der Waals surface area contributed by atoms with E-state index >= 15 is 0 Å². The number of ether oxygens (including phenoxy) is 2. The molecule has 1 atom stereocenters. The van der Waals surface area contributed by atoms with E-state index in [1.165, 1.54) is 11.3 Å². The van der Waals surface area contributed by atoms with Crippen molar-refractivity contribution in [3.05, 3.63) is 138 Å². The van der Waals surface area contributed by atoms with Gasteiger partial charge < -0.3 is 13.9 Å². The maximum absolute atomic E-state index is 14.1. The van der Waals surface area contributed by atoms with Gasteiger partial charge >= 0.3 is 5.97 Å². The molecule has 0 amide bonds. The number of furan rings is 1. The average Bonchev–Trinajstić information content (AvgIpc) is 3.62. The number of esters is 1. The first-order valence-corrected chi connectivity index (χ1v) is 14.9. The molecule has 2 aromatic heterocycles. The highest BCUT2D eigenvalue weighted by atomic mass is 35.5. The second-order valence-corrected chi connectivity index (χ2v) is 11.3. The number of hydrogen-bond donors (Lipinski definition) is 0. The van der Waals surface area contributed by atoms with Gasteiger partial charge in [-0.05, 0) is 61.4 Å². The van der Waals surface area contributed by atoms with Gasteiger partial charge in [-0.25, -0.2) is 9.79 Å². The van der Waals surface area contributed by atoms with Gasteiger partial charge in [0.05, 0.1) is 35.6 Å². The molecule has 216 valence electrons. The van der Waals surface area contributed by atoms with Crippen molar-refractivity contribution in [2.24, 2.45) is 4.99 Å². The number of aromatic nitrogens is 1. The molecule has 3 heterocycles. The first-order chi connectivity index (χ1) is 20.9. The zero-order chi connectivity index (χ0) is 30.1. The lowest BCUT2D eigenvalue weighted by Gasteiger charge is -2.26. The largest absolute Gasteiger partial charge is 0.497 e. The molecular formula is C34H27ClN2O5S. The Morgan fingerprint density at radius 2 is 1.84 bits per heavy atom. The van der Waals surface area contributed by atoms with E-state index in [-0.39, 0.29) is 17.7 Å². The van der Waals surface area contributed by atoms with Gasteiger partial charge in [-0.1, -0.05) is 71.5 Å². The van der Waals surface area contributed by atoms with Crippen molar-refractivity contribution >= 4 is 40.7 Å². The standard InChI is InChI=1S/C34H27ClN2O5S/c1-4-41-33(39)29-30(21-8-6-5-7-9-21)36-34-37(31(29)22-11-14-24(40-3)15-12-22)32(38)28(43-34)19-25-16-17-27(42-25)26-18-23(35)13-10-20(26)2/h5-19,31H,4H2,1-3H3/b28-19-. The molecule has 1 aliphatic rings. The van der Waals surface area contributed by atoms with Crippen LogP contribution in [0, 0.1) is 6.92 Å². The van der Waals surface area contributed by atoms with Crippen LogP contribution in [0.4, 0.5) is 0 Å². The minimum atomic E-state index is -0.778. The zero-order valence-corrected chi connectivity index (χ0v) is 25.2. The maximum Gasteiger partial charge on any atom is 0.338 e. The van der Waals surface area contributed by atoms with E-state index in [9.17, 15) is 9.59 Å². The Bertz CT molecular complexity index is 2040. The Morgan fingerprint density at radius 3 is 2.56 bits per heavy atom. The van der Waals surface area contributed by atoms with E-state index in [1.807, 2.05) is 79.7 Å². The van der Waals surface area contributed by atoms with Crippen molar-refractivity contribution in [1.82, 2.24) is 4.57 Å². The molecule has 3 aromatic carbocycles. The molecule has 0 bridgehead atoms. The van der Waals surface area contributed by atoms with Crippen molar-refractivity contribution < 1.29 is 18.7 Å². The summed E-state index contributed by atoms with van der Waals surface area (Å²) in [4.78, 5) is 33.0. The van der Waals surface area contributed by atoms with Gasteiger partial charge in [0.1, 0.15) is 17.3 Å². The lowest BCUT2D eigenvalue weighted by Crippen LogP contribution is -2.40. The van der Waals surface area contributed by atoms with Crippen LogP contribution in [0.25, 0.3) is 23.1 Å². The molecule has 0 saturated heterocycles. The summed E-state index contributed by atoms with van der Waals surface area (Å²) in [5.41, 5.74) is 3.81. The fourth-order valence-corrected chi connectivity index (χ4v) is 6.26. The van der Waals surface area contributed by atoms with E-state index in [0.29, 0.717) is 37.3 Å². The van der Waals surface area contributed by atoms with Crippen molar-refractivity contribution in [1.29, 1.82) is 0 Å². The van der Waals surface area contributed by atoms with E-state index in [0.717, 1.165) is 22.3 Å². The highest BCUT2D eigenvalue weighted by molar-refractivity contribution is 7.07. The van der Waals surface area contributed by atoms with Gasteiger partial charge in [0.15, 0.2) is 4.80 Å².